The Morgan fingerprint density at radius 1 is 0.339 bits per heavy atom. The summed E-state index contributed by atoms with van der Waals surface area (Å²) in [7, 11) is 0. The van der Waals surface area contributed by atoms with Gasteiger partial charge < -0.3 is 0 Å². The number of rotatable bonds is 6. The number of hydrogen-bond donors (Lipinski definition) is 0. The molecule has 9 aromatic carbocycles. The van der Waals surface area contributed by atoms with Gasteiger partial charge in [0, 0.05) is 16.7 Å². The highest BCUT2D eigenvalue weighted by atomic mass is 14.9. The van der Waals surface area contributed by atoms with Crippen molar-refractivity contribution in [3.8, 4) is 73.4 Å². The quantitative estimate of drug-likeness (QED) is 0.127. The molecule has 0 spiro atoms. The zero-order chi connectivity index (χ0) is 37.4. The molecule has 56 heavy (non-hydrogen) atoms. The van der Waals surface area contributed by atoms with E-state index in [1.54, 1.807) is 0 Å². The Morgan fingerprint density at radius 3 is 1.68 bits per heavy atom. The van der Waals surface area contributed by atoms with E-state index < -0.39 is 0 Å². The Kier molecular flexibility index (Phi) is 8.21. The average Bonchev–Trinajstić information content (AvgIpc) is 3.28. The second kappa shape index (κ2) is 14.0. The Balaban J connectivity index is 1.12. The fourth-order valence-electron chi connectivity index (χ4n) is 7.93. The van der Waals surface area contributed by atoms with Crippen molar-refractivity contribution < 1.29 is 0 Å². The number of aromatic nitrogens is 2. The summed E-state index contributed by atoms with van der Waals surface area (Å²) in [6.45, 7) is 0. The normalized spacial score (nSPS) is 11.2. The van der Waals surface area contributed by atoms with E-state index in [4.69, 9.17) is 9.97 Å². The summed E-state index contributed by atoms with van der Waals surface area (Å²) >= 11 is 0. The maximum atomic E-state index is 9.44. The fraction of sp³-hybridized carbons (Fsp3) is 0. The summed E-state index contributed by atoms with van der Waals surface area (Å²) in [5, 5.41) is 16.9. The van der Waals surface area contributed by atoms with E-state index >= 15 is 0 Å². The first-order chi connectivity index (χ1) is 27.7. The molecule has 10 aromatic rings. The Bertz CT molecular complexity index is 3100. The van der Waals surface area contributed by atoms with Crippen LogP contribution in [0.2, 0.25) is 0 Å². The van der Waals surface area contributed by atoms with Gasteiger partial charge in [0.25, 0.3) is 0 Å². The molecule has 0 unspecified atom stereocenters. The molecule has 0 amide bonds. The highest BCUT2D eigenvalue weighted by Gasteiger charge is 2.16. The minimum atomic E-state index is 0.630. The molecule has 0 radical (unpaired) electrons. The number of fused-ring (bicyclic) bond motifs is 4. The van der Waals surface area contributed by atoms with Crippen LogP contribution in [-0.2, 0) is 0 Å². The molecule has 260 valence electrons. The first-order valence-corrected chi connectivity index (χ1v) is 18.8. The largest absolute Gasteiger partial charge is 0.228 e. The van der Waals surface area contributed by atoms with Gasteiger partial charge in [-0.05, 0) is 90.0 Å². The molecule has 0 aliphatic rings. The smallest absolute Gasteiger partial charge is 0.160 e. The van der Waals surface area contributed by atoms with Crippen molar-refractivity contribution in [2.75, 3.05) is 0 Å². The van der Waals surface area contributed by atoms with Crippen molar-refractivity contribution in [2.24, 2.45) is 0 Å². The second-order valence-electron chi connectivity index (χ2n) is 14.1. The van der Waals surface area contributed by atoms with Crippen LogP contribution in [0.4, 0.5) is 0 Å². The van der Waals surface area contributed by atoms with Crippen LogP contribution in [0.15, 0.2) is 200 Å². The first kappa shape index (κ1) is 32.9. The molecule has 1 heterocycles. The number of nitrogens with zero attached hydrogens (tertiary/aromatic N) is 3. The lowest BCUT2D eigenvalue weighted by atomic mass is 9.89. The van der Waals surface area contributed by atoms with Gasteiger partial charge in [-0.25, -0.2) is 9.97 Å². The lowest BCUT2D eigenvalue weighted by molar-refractivity contribution is 1.18. The van der Waals surface area contributed by atoms with Crippen molar-refractivity contribution in [2.45, 2.75) is 0 Å². The maximum absolute atomic E-state index is 9.44. The van der Waals surface area contributed by atoms with Gasteiger partial charge in [0.15, 0.2) is 5.82 Å². The van der Waals surface area contributed by atoms with Gasteiger partial charge in [0.1, 0.15) is 0 Å². The van der Waals surface area contributed by atoms with E-state index in [1.165, 1.54) is 43.4 Å². The van der Waals surface area contributed by atoms with E-state index in [1.807, 2.05) is 42.5 Å². The van der Waals surface area contributed by atoms with Crippen molar-refractivity contribution >= 4 is 32.3 Å². The van der Waals surface area contributed by atoms with Crippen LogP contribution in [0.25, 0.3) is 99.6 Å². The Labute approximate surface area is 325 Å². The first-order valence-electron chi connectivity index (χ1n) is 18.8. The summed E-state index contributed by atoms with van der Waals surface area (Å²) in [4.78, 5) is 10.5. The lowest BCUT2D eigenvalue weighted by Crippen LogP contribution is -1.97. The predicted octanol–water partition coefficient (Wildman–Crippen LogP) is 13.8. The van der Waals surface area contributed by atoms with Gasteiger partial charge in [-0.15, -0.1) is 0 Å². The van der Waals surface area contributed by atoms with Gasteiger partial charge in [0.2, 0.25) is 0 Å². The number of benzene rings is 9. The average molecular weight is 712 g/mol. The van der Waals surface area contributed by atoms with Crippen LogP contribution in [0, 0.1) is 11.3 Å². The molecular formula is C53H33N3. The summed E-state index contributed by atoms with van der Waals surface area (Å²) in [6.07, 6.45) is 0. The minimum Gasteiger partial charge on any atom is -0.228 e. The van der Waals surface area contributed by atoms with E-state index in [0.717, 1.165) is 50.3 Å². The number of hydrogen-bond acceptors (Lipinski definition) is 3. The zero-order valence-electron chi connectivity index (χ0n) is 30.4. The molecule has 0 N–H and O–H groups in total. The molecule has 0 saturated heterocycles. The predicted molar refractivity (Wildman–Crippen MR) is 232 cm³/mol. The third-order valence-corrected chi connectivity index (χ3v) is 10.7. The van der Waals surface area contributed by atoms with E-state index in [2.05, 4.69) is 164 Å². The molecule has 1 aromatic heterocycles. The van der Waals surface area contributed by atoms with Crippen LogP contribution in [0.1, 0.15) is 5.56 Å². The molecule has 0 fully saturated rings. The zero-order valence-corrected chi connectivity index (χ0v) is 30.4. The highest BCUT2D eigenvalue weighted by Crippen LogP contribution is 2.40. The molecular weight excluding hydrogens is 679 g/mol. The SMILES string of the molecule is N#Cc1ccc(-c2ccccc2-c2cc(-c3ccc(-c4ccccc4)cc3)nc(-c3ccc(-c4c5ccccc5cc5c4ccc4ccccc45)cc3)n2)cc1. The van der Waals surface area contributed by atoms with Gasteiger partial charge >= 0.3 is 0 Å². The van der Waals surface area contributed by atoms with Crippen LogP contribution < -0.4 is 0 Å². The Hall–Kier alpha value is -7.67. The molecule has 0 saturated carbocycles. The third kappa shape index (κ3) is 5.97. The number of nitriles is 1. The lowest BCUT2D eigenvalue weighted by Gasteiger charge is -2.15. The van der Waals surface area contributed by atoms with Crippen molar-refractivity contribution in [1.82, 2.24) is 9.97 Å². The van der Waals surface area contributed by atoms with Gasteiger partial charge in [-0.3, -0.25) is 0 Å². The second-order valence-corrected chi connectivity index (χ2v) is 14.1. The van der Waals surface area contributed by atoms with Crippen molar-refractivity contribution in [3.05, 3.63) is 206 Å². The van der Waals surface area contributed by atoms with Gasteiger partial charge in [-0.2, -0.15) is 5.26 Å². The van der Waals surface area contributed by atoms with Crippen LogP contribution >= 0.6 is 0 Å². The summed E-state index contributed by atoms with van der Waals surface area (Å²) in [5.74, 6) is 0.652. The molecule has 0 atom stereocenters. The van der Waals surface area contributed by atoms with E-state index in [-0.39, 0.29) is 0 Å². The van der Waals surface area contributed by atoms with Crippen LogP contribution in [0.5, 0.6) is 0 Å². The van der Waals surface area contributed by atoms with Gasteiger partial charge in [0.05, 0.1) is 23.0 Å². The van der Waals surface area contributed by atoms with Gasteiger partial charge in [-0.1, -0.05) is 176 Å². The van der Waals surface area contributed by atoms with Crippen molar-refractivity contribution in [3.63, 3.8) is 0 Å². The van der Waals surface area contributed by atoms with Crippen molar-refractivity contribution in [1.29, 1.82) is 5.26 Å². The molecule has 3 nitrogen and oxygen atoms in total. The topological polar surface area (TPSA) is 49.6 Å². The molecule has 0 bridgehead atoms. The summed E-state index contributed by atoms with van der Waals surface area (Å²) in [6, 6.07) is 72.2. The van der Waals surface area contributed by atoms with E-state index in [0.29, 0.717) is 11.4 Å². The summed E-state index contributed by atoms with van der Waals surface area (Å²) in [5.41, 5.74) is 12.0. The third-order valence-electron chi connectivity index (χ3n) is 10.7. The molecule has 0 aliphatic heterocycles. The molecule has 10 rings (SSSR count). The summed E-state index contributed by atoms with van der Waals surface area (Å²) < 4.78 is 0. The van der Waals surface area contributed by atoms with E-state index in [9.17, 15) is 5.26 Å². The highest BCUT2D eigenvalue weighted by molar-refractivity contribution is 6.20. The van der Waals surface area contributed by atoms with Crippen LogP contribution in [-0.4, -0.2) is 9.97 Å². The van der Waals surface area contributed by atoms with Crippen LogP contribution in [0.3, 0.4) is 0 Å². The minimum absolute atomic E-state index is 0.630. The monoisotopic (exact) mass is 711 g/mol. The maximum Gasteiger partial charge on any atom is 0.160 e. The fourth-order valence-corrected chi connectivity index (χ4v) is 7.93. The Morgan fingerprint density at radius 2 is 0.911 bits per heavy atom. The molecule has 0 aliphatic carbocycles. The standard InChI is InChI=1S/C53H33N3/c54-34-35-18-20-39(21-19-35)44-14-8-9-17-47(44)51-33-50(40-24-22-37(23-25-40)36-10-2-1-3-11-36)55-53(56-51)42-28-26-41(27-29-42)52-46-16-7-5-13-43(46)32-49-45-15-6-4-12-38(45)30-31-48(49)52/h1-33H. The molecule has 3 heteroatoms.